The highest BCUT2D eigenvalue weighted by Crippen LogP contribution is 2.26. The number of nitrogens with one attached hydrogen (secondary N) is 2. The molecule has 2 aromatic carbocycles. The lowest BCUT2D eigenvalue weighted by Crippen LogP contribution is -1.96. The summed E-state index contributed by atoms with van der Waals surface area (Å²) in [6.07, 6.45) is 11.3. The summed E-state index contributed by atoms with van der Waals surface area (Å²) >= 11 is 0. The minimum Gasteiger partial charge on any atom is -0.361 e. The lowest BCUT2D eigenvalue weighted by atomic mass is 10.1. The molecule has 0 radical (unpaired) electrons. The van der Waals surface area contributed by atoms with Crippen LogP contribution in [0.3, 0.4) is 0 Å². The Balaban J connectivity index is 1.50. The highest BCUT2D eigenvalue weighted by molar-refractivity contribution is 5.93. The second-order valence-corrected chi connectivity index (χ2v) is 6.52. The molecule has 0 saturated heterocycles. The molecule has 0 atom stereocenters. The highest BCUT2D eigenvalue weighted by atomic mass is 15.0. The lowest BCUT2D eigenvalue weighted by molar-refractivity contribution is 1.22. The summed E-state index contributed by atoms with van der Waals surface area (Å²) in [7, 11) is 0. The Morgan fingerprint density at radius 2 is 1.71 bits per heavy atom. The maximum Gasteiger partial charge on any atom is 0.141 e. The highest BCUT2D eigenvalue weighted by Gasteiger charge is 2.06. The quantitative estimate of drug-likeness (QED) is 0.447. The molecule has 28 heavy (non-hydrogen) atoms. The van der Waals surface area contributed by atoms with Gasteiger partial charge in [-0.2, -0.15) is 0 Å². The van der Waals surface area contributed by atoms with E-state index >= 15 is 0 Å². The van der Waals surface area contributed by atoms with Crippen molar-refractivity contribution in [2.45, 2.75) is 0 Å². The molecule has 5 nitrogen and oxygen atoms in total. The van der Waals surface area contributed by atoms with Gasteiger partial charge in [0.05, 0.1) is 5.52 Å². The first-order valence-electron chi connectivity index (χ1n) is 9.02. The minimum atomic E-state index is 0.791. The van der Waals surface area contributed by atoms with E-state index in [1.807, 2.05) is 30.5 Å². The Hall–Kier alpha value is -3.99. The molecule has 3 heterocycles. The number of hydrogen-bond donors (Lipinski definition) is 2. The number of anilines is 2. The zero-order valence-corrected chi connectivity index (χ0v) is 15.0. The predicted molar refractivity (Wildman–Crippen MR) is 114 cm³/mol. The van der Waals surface area contributed by atoms with Crippen LogP contribution in [0.2, 0.25) is 0 Å². The summed E-state index contributed by atoms with van der Waals surface area (Å²) in [6.45, 7) is 0. The molecule has 0 fully saturated rings. The van der Waals surface area contributed by atoms with Crippen molar-refractivity contribution in [3.63, 3.8) is 0 Å². The SMILES string of the molecule is C(=Cc1ccc2ncnc(Nc3ccc4[nH]ccc4c3)c2c1)c1ccncc1. The second kappa shape index (κ2) is 6.96. The molecule has 0 saturated carbocycles. The predicted octanol–water partition coefficient (Wildman–Crippen LogP) is 5.42. The van der Waals surface area contributed by atoms with Gasteiger partial charge >= 0.3 is 0 Å². The van der Waals surface area contributed by atoms with E-state index in [0.29, 0.717) is 0 Å². The maximum atomic E-state index is 4.47. The van der Waals surface area contributed by atoms with E-state index < -0.39 is 0 Å². The summed E-state index contributed by atoms with van der Waals surface area (Å²) in [5, 5.41) is 5.57. The van der Waals surface area contributed by atoms with Crippen molar-refractivity contribution in [3.05, 3.63) is 90.6 Å². The summed E-state index contributed by atoms with van der Waals surface area (Å²) < 4.78 is 0. The molecular weight excluding hydrogens is 346 g/mol. The van der Waals surface area contributed by atoms with Gasteiger partial charge in [-0.25, -0.2) is 9.97 Å². The van der Waals surface area contributed by atoms with Gasteiger partial charge in [-0.3, -0.25) is 4.98 Å². The fourth-order valence-corrected chi connectivity index (χ4v) is 3.21. The molecular formula is C23H17N5. The van der Waals surface area contributed by atoms with Crippen LogP contribution in [0.1, 0.15) is 11.1 Å². The number of fused-ring (bicyclic) bond motifs is 2. The zero-order chi connectivity index (χ0) is 18.8. The summed E-state index contributed by atoms with van der Waals surface area (Å²) in [6, 6.07) is 18.4. The minimum absolute atomic E-state index is 0.791. The molecule has 0 aliphatic heterocycles. The van der Waals surface area contributed by atoms with Crippen LogP contribution in [0.4, 0.5) is 11.5 Å². The van der Waals surface area contributed by atoms with Crippen molar-refractivity contribution in [1.82, 2.24) is 19.9 Å². The van der Waals surface area contributed by atoms with Gasteiger partial charge in [0.2, 0.25) is 0 Å². The van der Waals surface area contributed by atoms with Crippen LogP contribution in [0.15, 0.2) is 79.5 Å². The molecule has 5 rings (SSSR count). The molecule has 134 valence electrons. The standard InChI is InChI=1S/C23H17N5/c1(16-7-10-24-11-8-16)2-17-3-5-22-20(13-17)23(27-15-26-22)28-19-4-6-21-18(14-19)9-12-25-21/h1-15,25H,(H,26,27,28). The average molecular weight is 363 g/mol. The van der Waals surface area contributed by atoms with E-state index in [1.165, 1.54) is 0 Å². The zero-order valence-electron chi connectivity index (χ0n) is 15.0. The van der Waals surface area contributed by atoms with Gasteiger partial charge in [0, 0.05) is 40.6 Å². The Kier molecular flexibility index (Phi) is 4.03. The van der Waals surface area contributed by atoms with E-state index in [1.54, 1.807) is 18.7 Å². The van der Waals surface area contributed by atoms with Gasteiger partial charge in [0.1, 0.15) is 12.1 Å². The third kappa shape index (κ3) is 3.21. The van der Waals surface area contributed by atoms with Crippen molar-refractivity contribution in [1.29, 1.82) is 0 Å². The molecule has 0 amide bonds. The Labute approximate surface area is 161 Å². The van der Waals surface area contributed by atoms with E-state index in [9.17, 15) is 0 Å². The molecule has 0 unspecified atom stereocenters. The van der Waals surface area contributed by atoms with Gasteiger partial charge in [-0.05, 0) is 59.7 Å². The Morgan fingerprint density at radius 3 is 2.64 bits per heavy atom. The third-order valence-electron chi connectivity index (χ3n) is 4.65. The van der Waals surface area contributed by atoms with Crippen LogP contribution in [-0.4, -0.2) is 19.9 Å². The van der Waals surface area contributed by atoms with E-state index in [0.717, 1.165) is 44.4 Å². The first kappa shape index (κ1) is 16.2. The molecule has 5 aromatic rings. The fraction of sp³-hybridized carbons (Fsp3) is 0. The lowest BCUT2D eigenvalue weighted by Gasteiger charge is -2.09. The Morgan fingerprint density at radius 1 is 0.821 bits per heavy atom. The fourth-order valence-electron chi connectivity index (χ4n) is 3.21. The summed E-state index contributed by atoms with van der Waals surface area (Å²) in [5.41, 5.74) is 5.20. The van der Waals surface area contributed by atoms with Crippen LogP contribution in [0.25, 0.3) is 34.0 Å². The van der Waals surface area contributed by atoms with Gasteiger partial charge in [0.25, 0.3) is 0 Å². The molecule has 5 heteroatoms. The van der Waals surface area contributed by atoms with E-state index in [2.05, 4.69) is 67.7 Å². The number of rotatable bonds is 4. The first-order chi connectivity index (χ1) is 13.8. The van der Waals surface area contributed by atoms with Crippen molar-refractivity contribution < 1.29 is 0 Å². The van der Waals surface area contributed by atoms with Crippen molar-refractivity contribution in [2.24, 2.45) is 0 Å². The molecule has 0 bridgehead atoms. The van der Waals surface area contributed by atoms with Gasteiger partial charge < -0.3 is 10.3 Å². The van der Waals surface area contributed by atoms with Crippen LogP contribution in [0, 0.1) is 0 Å². The van der Waals surface area contributed by atoms with Crippen molar-refractivity contribution in [2.75, 3.05) is 5.32 Å². The van der Waals surface area contributed by atoms with Crippen LogP contribution in [0.5, 0.6) is 0 Å². The maximum absolute atomic E-state index is 4.47. The second-order valence-electron chi connectivity index (χ2n) is 6.52. The topological polar surface area (TPSA) is 66.5 Å². The van der Waals surface area contributed by atoms with Gasteiger partial charge in [0.15, 0.2) is 0 Å². The number of nitrogens with zero attached hydrogens (tertiary/aromatic N) is 3. The number of hydrogen-bond acceptors (Lipinski definition) is 4. The number of benzene rings is 2. The third-order valence-corrected chi connectivity index (χ3v) is 4.65. The monoisotopic (exact) mass is 363 g/mol. The molecule has 0 aliphatic carbocycles. The number of pyridine rings is 1. The normalized spacial score (nSPS) is 11.4. The van der Waals surface area contributed by atoms with Gasteiger partial charge in [-0.15, -0.1) is 0 Å². The largest absolute Gasteiger partial charge is 0.361 e. The number of aromatic amines is 1. The van der Waals surface area contributed by atoms with Gasteiger partial charge in [-0.1, -0.05) is 18.2 Å². The van der Waals surface area contributed by atoms with Crippen molar-refractivity contribution >= 4 is 45.5 Å². The summed E-state index contributed by atoms with van der Waals surface area (Å²) in [5.74, 6) is 0.791. The smallest absolute Gasteiger partial charge is 0.141 e. The van der Waals surface area contributed by atoms with E-state index in [4.69, 9.17) is 0 Å². The number of aromatic nitrogens is 4. The van der Waals surface area contributed by atoms with Crippen LogP contribution < -0.4 is 5.32 Å². The molecule has 3 aromatic heterocycles. The average Bonchev–Trinajstić information content (AvgIpc) is 3.21. The molecule has 0 spiro atoms. The summed E-state index contributed by atoms with van der Waals surface area (Å²) in [4.78, 5) is 16.1. The van der Waals surface area contributed by atoms with Crippen LogP contribution >= 0.6 is 0 Å². The van der Waals surface area contributed by atoms with Crippen molar-refractivity contribution in [3.8, 4) is 0 Å². The number of H-pyrrole nitrogens is 1. The van der Waals surface area contributed by atoms with Crippen LogP contribution in [-0.2, 0) is 0 Å². The first-order valence-corrected chi connectivity index (χ1v) is 9.02. The molecule has 2 N–H and O–H groups in total. The Bertz CT molecular complexity index is 1290. The molecule has 0 aliphatic rings. The van der Waals surface area contributed by atoms with E-state index in [-0.39, 0.29) is 0 Å².